The number of benzene rings is 2. The van der Waals surface area contributed by atoms with Gasteiger partial charge in [0.25, 0.3) is 16.0 Å². The van der Waals surface area contributed by atoms with Crippen LogP contribution in [-0.2, 0) is 49.0 Å². The smallest absolute Gasteiger partial charge is 0.355 e. The third-order valence-electron chi connectivity index (χ3n) is 16.6. The fourth-order valence-electron chi connectivity index (χ4n) is 13.4. The molecule has 2 aromatic carbocycles. The number of nitrogens with zero attached hydrogens (tertiary/aromatic N) is 6. The highest BCUT2D eigenvalue weighted by Crippen LogP contribution is 2.77. The fourth-order valence-corrected chi connectivity index (χ4v) is 15.5. The maximum Gasteiger partial charge on any atom is 0.355 e. The van der Waals surface area contributed by atoms with E-state index in [9.17, 15) is 40.9 Å². The van der Waals surface area contributed by atoms with Gasteiger partial charge in [-0.1, -0.05) is 68.9 Å². The SMILES string of the molecule is C=CS(=O)(=O)CCCCCC(=O)N(CCOC12CCC3(CC(Cn4ncc(-c5ccc(N6CCc7cccc(C(=O)Nc8nc9ccccc9s8)c7C6)nc5C(=O)O)c4C)(C1)CC3(C)CCC)C2)CCS(=O)(=O)O. The van der Waals surface area contributed by atoms with Gasteiger partial charge in [-0.15, -0.1) is 0 Å². The molecular formula is C54H67N7O10S3. The Hall–Kier alpha value is -5.54. The van der Waals surface area contributed by atoms with Crippen molar-refractivity contribution < 1.29 is 45.6 Å². The Morgan fingerprint density at radius 1 is 0.946 bits per heavy atom. The van der Waals surface area contributed by atoms with Crippen molar-refractivity contribution in [3.8, 4) is 11.1 Å². The monoisotopic (exact) mass is 1070 g/mol. The second kappa shape index (κ2) is 20.9. The van der Waals surface area contributed by atoms with E-state index in [1.165, 1.54) is 16.2 Å². The maximum absolute atomic E-state index is 13.7. The summed E-state index contributed by atoms with van der Waals surface area (Å²) in [5, 5.41) is 20.1. The molecule has 4 unspecified atom stereocenters. The third-order valence-corrected chi connectivity index (χ3v) is 19.6. The minimum absolute atomic E-state index is 0.0247. The average molecular weight is 1070 g/mol. The lowest BCUT2D eigenvalue weighted by Gasteiger charge is -2.46. The number of pyridine rings is 1. The zero-order chi connectivity index (χ0) is 52.7. The number of unbranched alkanes of at least 4 members (excludes halogenated alkanes) is 2. The Balaban J connectivity index is 0.906. The number of carbonyl (C=O) groups excluding carboxylic acids is 2. The molecule has 17 nitrogen and oxygen atoms in total. The van der Waals surface area contributed by atoms with Gasteiger partial charge in [0.15, 0.2) is 20.7 Å². The minimum Gasteiger partial charge on any atom is -0.476 e. The number of hydrogen-bond donors (Lipinski definition) is 3. The number of fused-ring (bicyclic) bond motifs is 4. The normalized spacial score (nSPS) is 23.2. The van der Waals surface area contributed by atoms with E-state index in [1.807, 2.05) is 65.0 Å². The van der Waals surface area contributed by atoms with Gasteiger partial charge in [-0.25, -0.2) is 23.2 Å². The van der Waals surface area contributed by atoms with Crippen LogP contribution in [0.25, 0.3) is 21.3 Å². The van der Waals surface area contributed by atoms with Crippen LogP contribution in [0, 0.1) is 23.2 Å². The number of ether oxygens (including phenoxy) is 1. The molecular weight excluding hydrogens is 1000 g/mol. The number of carboxylic acids is 1. The summed E-state index contributed by atoms with van der Waals surface area (Å²) in [6, 6.07) is 17.1. The zero-order valence-corrected chi connectivity index (χ0v) is 44.9. The number of thiazole rings is 1. The second-order valence-corrected chi connectivity index (χ2v) is 26.2. The summed E-state index contributed by atoms with van der Waals surface area (Å²) in [6.45, 7) is 11.7. The molecule has 4 atom stereocenters. The van der Waals surface area contributed by atoms with Crippen LogP contribution < -0.4 is 10.2 Å². The number of rotatable bonds is 23. The molecule has 3 saturated carbocycles. The lowest BCUT2D eigenvalue weighted by atomic mass is 9.62. The van der Waals surface area contributed by atoms with Crippen molar-refractivity contribution in [1.82, 2.24) is 24.6 Å². The largest absolute Gasteiger partial charge is 0.476 e. The lowest BCUT2D eigenvalue weighted by molar-refractivity contribution is -0.135. The molecule has 9 rings (SSSR count). The number of carbonyl (C=O) groups is 3. The predicted molar refractivity (Wildman–Crippen MR) is 286 cm³/mol. The van der Waals surface area contributed by atoms with Gasteiger partial charge in [0.2, 0.25) is 5.91 Å². The van der Waals surface area contributed by atoms with Crippen LogP contribution in [0.5, 0.6) is 0 Å². The fraction of sp³-hybridized carbons (Fsp3) is 0.519. The highest BCUT2D eigenvalue weighted by molar-refractivity contribution is 7.94. The summed E-state index contributed by atoms with van der Waals surface area (Å²) in [4.78, 5) is 53.1. The first-order chi connectivity index (χ1) is 35.2. The molecule has 0 radical (unpaired) electrons. The van der Waals surface area contributed by atoms with Gasteiger partial charge in [-0.3, -0.25) is 24.1 Å². The highest BCUT2D eigenvalue weighted by Gasteiger charge is 2.70. The molecule has 4 heterocycles. The first-order valence-electron chi connectivity index (χ1n) is 25.7. The van der Waals surface area contributed by atoms with Crippen LogP contribution >= 0.6 is 11.3 Å². The Morgan fingerprint density at radius 2 is 1.76 bits per heavy atom. The van der Waals surface area contributed by atoms with Crippen molar-refractivity contribution in [3.05, 3.63) is 101 Å². The first kappa shape index (κ1) is 53.3. The summed E-state index contributed by atoms with van der Waals surface area (Å²) in [5.41, 5.74) is 4.54. The van der Waals surface area contributed by atoms with Crippen molar-refractivity contribution in [1.29, 1.82) is 0 Å². The Kier molecular flexibility index (Phi) is 15.0. The first-order valence-corrected chi connectivity index (χ1v) is 29.8. The summed E-state index contributed by atoms with van der Waals surface area (Å²) in [6.07, 6.45) is 11.4. The molecule has 4 aliphatic rings. The van der Waals surface area contributed by atoms with Gasteiger partial charge >= 0.3 is 5.97 Å². The number of amides is 2. The lowest BCUT2D eigenvalue weighted by Crippen LogP contribution is -2.45. The van der Waals surface area contributed by atoms with Crippen molar-refractivity contribution in [2.24, 2.45) is 16.2 Å². The Morgan fingerprint density at radius 3 is 2.51 bits per heavy atom. The number of carboxylic acid groups (broad SMARTS) is 1. The van der Waals surface area contributed by atoms with Gasteiger partial charge in [0, 0.05) is 66.9 Å². The quantitative estimate of drug-likeness (QED) is 0.0409. The molecule has 74 heavy (non-hydrogen) atoms. The molecule has 5 aromatic rings. The van der Waals surface area contributed by atoms with Gasteiger partial charge in [0.1, 0.15) is 5.82 Å². The summed E-state index contributed by atoms with van der Waals surface area (Å²) in [7, 11) is -7.69. The average Bonchev–Trinajstić information content (AvgIpc) is 4.07. The van der Waals surface area contributed by atoms with Gasteiger partial charge in [0.05, 0.1) is 40.1 Å². The van der Waals surface area contributed by atoms with Crippen molar-refractivity contribution in [3.63, 3.8) is 0 Å². The van der Waals surface area contributed by atoms with Crippen molar-refractivity contribution in [2.45, 2.75) is 123 Å². The van der Waals surface area contributed by atoms with Crippen LogP contribution in [0.2, 0.25) is 0 Å². The molecule has 3 aliphatic carbocycles. The molecule has 0 saturated heterocycles. The molecule has 3 N–H and O–H groups in total. The minimum atomic E-state index is -4.34. The number of nitrogens with one attached hydrogen (secondary N) is 1. The number of aromatic carboxylic acids is 1. The van der Waals surface area contributed by atoms with Gasteiger partial charge in [-0.2, -0.15) is 13.5 Å². The van der Waals surface area contributed by atoms with Crippen molar-refractivity contribution in [2.75, 3.05) is 48.0 Å². The van der Waals surface area contributed by atoms with E-state index in [1.54, 1.807) is 12.3 Å². The van der Waals surface area contributed by atoms with Crippen molar-refractivity contribution >= 4 is 70.2 Å². The summed E-state index contributed by atoms with van der Waals surface area (Å²) >= 11 is 1.41. The van der Waals surface area contributed by atoms with E-state index >= 15 is 0 Å². The predicted octanol–water partition coefficient (Wildman–Crippen LogP) is 9.13. The zero-order valence-electron chi connectivity index (χ0n) is 42.5. The van der Waals surface area contributed by atoms with E-state index < -0.39 is 37.3 Å². The van der Waals surface area contributed by atoms with Gasteiger partial charge in [-0.05, 0) is 129 Å². The third kappa shape index (κ3) is 11.1. The second-order valence-electron chi connectivity index (χ2n) is 21.6. The van der Waals surface area contributed by atoms with E-state index in [0.717, 1.165) is 83.8 Å². The number of sulfone groups is 1. The van der Waals surface area contributed by atoms with Crippen LogP contribution in [0.3, 0.4) is 0 Å². The van der Waals surface area contributed by atoms with Crippen LogP contribution in [-0.4, -0.2) is 112 Å². The number of para-hydroxylation sites is 1. The number of hydrogen-bond acceptors (Lipinski definition) is 13. The highest BCUT2D eigenvalue weighted by atomic mass is 32.2. The molecule has 3 aromatic heterocycles. The number of anilines is 2. The van der Waals surface area contributed by atoms with E-state index in [4.69, 9.17) is 14.8 Å². The molecule has 1 spiro atoms. The van der Waals surface area contributed by atoms with Crippen LogP contribution in [0.4, 0.5) is 10.9 Å². The van der Waals surface area contributed by atoms with E-state index in [-0.39, 0.29) is 65.6 Å². The van der Waals surface area contributed by atoms with Gasteiger partial charge < -0.3 is 19.6 Å². The molecule has 396 valence electrons. The molecule has 20 heteroatoms. The number of aromatic nitrogens is 4. The molecule has 3 bridgehead atoms. The summed E-state index contributed by atoms with van der Waals surface area (Å²) < 4.78 is 66.8. The standard InChI is InChI=1S/C54H67N7O10S3/c1-5-21-51(4)32-52(33-53(51)22-23-54(34-52,35-53)71-27-25-59(26-29-74(68,69)70)46(62)17-8-7-11-28-73(66,67)6-2)36-61-37(3)41(30-55-61)39-18-19-45(57-47(39)49(64)65)60-24-20-38-13-12-14-40(42(38)31-60)48(63)58-50-56-43-15-9-10-16-44(43)72-50/h6,9-10,12-16,18-19,30H,2,5,7-8,11,17,20-29,31-36H2,1,3-4H3,(H,64,65)(H,56,58,63)(H,68,69,70). The topological polar surface area (TPSA) is 231 Å². The summed E-state index contributed by atoms with van der Waals surface area (Å²) in [5.74, 6) is -1.86. The van der Waals surface area contributed by atoms with Crippen LogP contribution in [0.1, 0.15) is 129 Å². The molecule has 2 amide bonds. The Labute approximate surface area is 437 Å². The van der Waals surface area contributed by atoms with E-state index in [2.05, 4.69) is 30.7 Å². The Bertz CT molecular complexity index is 3180. The van der Waals surface area contributed by atoms with E-state index in [0.29, 0.717) is 73.0 Å². The molecule has 3 fully saturated rings. The molecule has 1 aliphatic heterocycles. The van der Waals surface area contributed by atoms with Crippen LogP contribution in [0.15, 0.2) is 72.8 Å². The maximum atomic E-state index is 13.7.